The average molecular weight is 279 g/mol. The van der Waals surface area contributed by atoms with Crippen LogP contribution in [-0.2, 0) is 13.0 Å². The summed E-state index contributed by atoms with van der Waals surface area (Å²) in [6.07, 6.45) is 0.836. The summed E-state index contributed by atoms with van der Waals surface area (Å²) in [7, 11) is 0. The minimum Gasteiger partial charge on any atom is -0.328 e. The van der Waals surface area contributed by atoms with E-state index in [0.717, 1.165) is 24.3 Å². The minimum absolute atomic E-state index is 0.0648. The standard InChI is InChI=1S/C18H21N3/c1-3-21-17-10-5-4-9-16(17)20-18(21)12-14-7-6-8-15(11-14)13(2)19/h4-11,13H,3,12,19H2,1-2H3. The number of hydrogen-bond acceptors (Lipinski definition) is 2. The Morgan fingerprint density at radius 1 is 1.14 bits per heavy atom. The Morgan fingerprint density at radius 3 is 2.71 bits per heavy atom. The van der Waals surface area contributed by atoms with Gasteiger partial charge in [-0.3, -0.25) is 0 Å². The Balaban J connectivity index is 2.00. The topological polar surface area (TPSA) is 43.8 Å². The summed E-state index contributed by atoms with van der Waals surface area (Å²) in [5, 5.41) is 0. The minimum atomic E-state index is 0.0648. The maximum atomic E-state index is 5.97. The van der Waals surface area contributed by atoms with Crippen molar-refractivity contribution < 1.29 is 0 Å². The Bertz CT molecular complexity index is 756. The Hall–Kier alpha value is -2.13. The summed E-state index contributed by atoms with van der Waals surface area (Å²) in [6, 6.07) is 16.9. The molecule has 0 saturated carbocycles. The molecule has 1 heterocycles. The van der Waals surface area contributed by atoms with E-state index in [4.69, 9.17) is 10.7 Å². The number of rotatable bonds is 4. The fourth-order valence-electron chi connectivity index (χ4n) is 2.78. The van der Waals surface area contributed by atoms with E-state index in [-0.39, 0.29) is 6.04 Å². The van der Waals surface area contributed by atoms with Crippen LogP contribution in [0.3, 0.4) is 0 Å². The molecule has 1 unspecified atom stereocenters. The number of imidazole rings is 1. The van der Waals surface area contributed by atoms with Crippen LogP contribution >= 0.6 is 0 Å². The van der Waals surface area contributed by atoms with Crippen LogP contribution in [0.15, 0.2) is 48.5 Å². The smallest absolute Gasteiger partial charge is 0.114 e. The summed E-state index contributed by atoms with van der Waals surface area (Å²) in [5.41, 5.74) is 10.7. The number of hydrogen-bond donors (Lipinski definition) is 1. The molecule has 0 aliphatic carbocycles. The van der Waals surface area contributed by atoms with E-state index in [1.54, 1.807) is 0 Å². The van der Waals surface area contributed by atoms with Gasteiger partial charge in [-0.1, -0.05) is 36.4 Å². The molecule has 0 saturated heterocycles. The van der Waals surface area contributed by atoms with Gasteiger partial charge in [0.25, 0.3) is 0 Å². The molecule has 2 aromatic carbocycles. The third-order valence-corrected chi connectivity index (χ3v) is 3.89. The fourth-order valence-corrected chi connectivity index (χ4v) is 2.78. The van der Waals surface area contributed by atoms with Crippen molar-refractivity contribution in [3.63, 3.8) is 0 Å². The molecule has 0 aliphatic rings. The predicted octanol–water partition coefficient (Wildman–Crippen LogP) is 3.67. The molecule has 0 amide bonds. The van der Waals surface area contributed by atoms with Crippen molar-refractivity contribution in [1.29, 1.82) is 0 Å². The van der Waals surface area contributed by atoms with Crippen LogP contribution in [0, 0.1) is 0 Å². The summed E-state index contributed by atoms with van der Waals surface area (Å²) < 4.78 is 2.29. The number of nitrogens with two attached hydrogens (primary N) is 1. The zero-order valence-electron chi connectivity index (χ0n) is 12.6. The first kappa shape index (κ1) is 13.8. The van der Waals surface area contributed by atoms with Crippen LogP contribution in [0.2, 0.25) is 0 Å². The highest BCUT2D eigenvalue weighted by atomic mass is 15.1. The van der Waals surface area contributed by atoms with Crippen LogP contribution < -0.4 is 5.73 Å². The van der Waals surface area contributed by atoms with Crippen molar-refractivity contribution >= 4 is 11.0 Å². The average Bonchev–Trinajstić information content (AvgIpc) is 2.84. The second-order valence-electron chi connectivity index (χ2n) is 5.47. The van der Waals surface area contributed by atoms with Gasteiger partial charge in [-0.2, -0.15) is 0 Å². The zero-order valence-corrected chi connectivity index (χ0v) is 12.6. The van der Waals surface area contributed by atoms with Gasteiger partial charge >= 0.3 is 0 Å². The van der Waals surface area contributed by atoms with Crippen molar-refractivity contribution in [2.75, 3.05) is 0 Å². The molecule has 0 aliphatic heterocycles. The molecular weight excluding hydrogens is 258 g/mol. The first-order valence-electron chi connectivity index (χ1n) is 7.47. The van der Waals surface area contributed by atoms with Crippen LogP contribution in [-0.4, -0.2) is 9.55 Å². The lowest BCUT2D eigenvalue weighted by Crippen LogP contribution is -2.06. The molecular formula is C18H21N3. The monoisotopic (exact) mass is 279 g/mol. The normalized spacial score (nSPS) is 12.7. The van der Waals surface area contributed by atoms with Gasteiger partial charge in [-0.25, -0.2) is 4.98 Å². The van der Waals surface area contributed by atoms with Crippen molar-refractivity contribution in [2.24, 2.45) is 5.73 Å². The van der Waals surface area contributed by atoms with E-state index in [0.29, 0.717) is 0 Å². The largest absolute Gasteiger partial charge is 0.328 e. The van der Waals surface area contributed by atoms with E-state index in [2.05, 4.69) is 54.0 Å². The molecule has 3 aromatic rings. The van der Waals surface area contributed by atoms with Crippen molar-refractivity contribution in [3.05, 3.63) is 65.5 Å². The van der Waals surface area contributed by atoms with Gasteiger partial charge in [-0.05, 0) is 37.1 Å². The predicted molar refractivity (Wildman–Crippen MR) is 87.3 cm³/mol. The van der Waals surface area contributed by atoms with Crippen molar-refractivity contribution in [1.82, 2.24) is 9.55 Å². The maximum absolute atomic E-state index is 5.97. The highest BCUT2D eigenvalue weighted by Crippen LogP contribution is 2.20. The molecule has 0 bridgehead atoms. The van der Waals surface area contributed by atoms with Gasteiger partial charge in [0, 0.05) is 19.0 Å². The highest BCUT2D eigenvalue weighted by molar-refractivity contribution is 5.76. The first-order valence-corrected chi connectivity index (χ1v) is 7.47. The number of fused-ring (bicyclic) bond motifs is 1. The summed E-state index contributed by atoms with van der Waals surface area (Å²) >= 11 is 0. The van der Waals surface area contributed by atoms with Crippen LogP contribution in [0.1, 0.15) is 36.8 Å². The number of aromatic nitrogens is 2. The molecule has 0 fully saturated rings. The SMILES string of the molecule is CCn1c(Cc2cccc(C(C)N)c2)nc2ccccc21. The van der Waals surface area contributed by atoms with E-state index >= 15 is 0 Å². The number of nitrogens with zero attached hydrogens (tertiary/aromatic N) is 2. The van der Waals surface area contributed by atoms with E-state index < -0.39 is 0 Å². The molecule has 1 aromatic heterocycles. The molecule has 1 atom stereocenters. The molecule has 3 heteroatoms. The van der Waals surface area contributed by atoms with Gasteiger partial charge in [0.1, 0.15) is 5.82 Å². The Morgan fingerprint density at radius 2 is 1.95 bits per heavy atom. The number of aryl methyl sites for hydroxylation is 1. The van der Waals surface area contributed by atoms with Crippen molar-refractivity contribution in [2.45, 2.75) is 32.9 Å². The second kappa shape index (κ2) is 5.70. The number of benzene rings is 2. The molecule has 3 nitrogen and oxygen atoms in total. The van der Waals surface area contributed by atoms with Crippen LogP contribution in [0.4, 0.5) is 0 Å². The molecule has 0 spiro atoms. The molecule has 21 heavy (non-hydrogen) atoms. The van der Waals surface area contributed by atoms with Gasteiger partial charge in [-0.15, -0.1) is 0 Å². The van der Waals surface area contributed by atoms with Crippen molar-refractivity contribution in [3.8, 4) is 0 Å². The van der Waals surface area contributed by atoms with Gasteiger partial charge in [0.05, 0.1) is 11.0 Å². The Kier molecular flexibility index (Phi) is 3.76. The second-order valence-corrected chi connectivity index (χ2v) is 5.47. The lowest BCUT2D eigenvalue weighted by Gasteiger charge is -2.09. The summed E-state index contributed by atoms with van der Waals surface area (Å²) in [5.74, 6) is 1.11. The number of para-hydroxylation sites is 2. The van der Waals surface area contributed by atoms with E-state index in [1.807, 2.05) is 13.0 Å². The highest BCUT2D eigenvalue weighted by Gasteiger charge is 2.10. The third kappa shape index (κ3) is 2.69. The first-order chi connectivity index (χ1) is 10.2. The lowest BCUT2D eigenvalue weighted by atomic mass is 10.0. The summed E-state index contributed by atoms with van der Waals surface area (Å²) in [6.45, 7) is 5.11. The molecule has 2 N–H and O–H groups in total. The van der Waals surface area contributed by atoms with Crippen LogP contribution in [0.5, 0.6) is 0 Å². The molecule has 108 valence electrons. The van der Waals surface area contributed by atoms with Crippen LogP contribution in [0.25, 0.3) is 11.0 Å². The van der Waals surface area contributed by atoms with Gasteiger partial charge < -0.3 is 10.3 Å². The fraction of sp³-hybridized carbons (Fsp3) is 0.278. The lowest BCUT2D eigenvalue weighted by molar-refractivity contribution is 0.732. The van der Waals surface area contributed by atoms with E-state index in [1.165, 1.54) is 16.6 Å². The molecule has 3 rings (SSSR count). The van der Waals surface area contributed by atoms with Gasteiger partial charge in [0.2, 0.25) is 0 Å². The summed E-state index contributed by atoms with van der Waals surface area (Å²) in [4.78, 5) is 4.79. The van der Waals surface area contributed by atoms with E-state index in [9.17, 15) is 0 Å². The zero-order chi connectivity index (χ0) is 14.8. The molecule has 0 radical (unpaired) electrons. The quantitative estimate of drug-likeness (QED) is 0.792. The Labute approximate surface area is 125 Å². The van der Waals surface area contributed by atoms with Gasteiger partial charge in [0.15, 0.2) is 0 Å². The maximum Gasteiger partial charge on any atom is 0.114 e. The third-order valence-electron chi connectivity index (χ3n) is 3.89.